The van der Waals surface area contributed by atoms with E-state index in [0.29, 0.717) is 5.75 Å². The van der Waals surface area contributed by atoms with Crippen molar-refractivity contribution in [1.82, 2.24) is 0 Å². The highest BCUT2D eigenvalue weighted by Gasteiger charge is 2.23. The second-order valence-corrected chi connectivity index (χ2v) is 5.47. The summed E-state index contributed by atoms with van der Waals surface area (Å²) in [5, 5.41) is 0. The lowest BCUT2D eigenvalue weighted by molar-refractivity contribution is -0.131. The lowest BCUT2D eigenvalue weighted by Gasteiger charge is -2.26. The molecule has 0 saturated heterocycles. The first-order chi connectivity index (χ1) is 11.9. The van der Waals surface area contributed by atoms with E-state index in [9.17, 15) is 4.79 Å². The Morgan fingerprint density at radius 1 is 0.741 bits per heavy atom. The van der Waals surface area contributed by atoms with Gasteiger partial charge in [-0.05, 0) is 35.4 Å². The average molecular weight is 377 g/mol. The monoisotopic (exact) mass is 376 g/mol. The number of hydrogen-bond acceptors (Lipinski definition) is 3. The normalized spacial score (nSPS) is 9.04. The zero-order chi connectivity index (χ0) is 19.5. The van der Waals surface area contributed by atoms with Gasteiger partial charge in [0.2, 0.25) is 0 Å². The van der Waals surface area contributed by atoms with Gasteiger partial charge >= 0.3 is 5.97 Å². The molecule has 3 heteroatoms. The first kappa shape index (κ1) is 29.5. The average Bonchev–Trinajstić information content (AvgIpc) is 2.65. The molecule has 0 radical (unpaired) electrons. The molecule has 0 aliphatic carbocycles. The molecule has 0 unspecified atom stereocenters. The second kappa shape index (κ2) is 14.8. The van der Waals surface area contributed by atoms with Crippen LogP contribution in [0.2, 0.25) is 0 Å². The first-order valence-electron chi connectivity index (χ1n) is 8.87. The molecule has 0 bridgehead atoms. The van der Waals surface area contributed by atoms with Crippen LogP contribution in [0.4, 0.5) is 0 Å². The number of methoxy groups -OCH3 is 1. The fourth-order valence-electron chi connectivity index (χ4n) is 2.28. The van der Waals surface area contributed by atoms with Crippen LogP contribution in [-0.2, 0) is 10.2 Å². The van der Waals surface area contributed by atoms with Gasteiger partial charge in [-0.2, -0.15) is 0 Å². The van der Waals surface area contributed by atoms with Gasteiger partial charge in [-0.25, -0.2) is 0 Å². The summed E-state index contributed by atoms with van der Waals surface area (Å²) in [6.45, 7) is 13.7. The van der Waals surface area contributed by atoms with E-state index in [-0.39, 0.29) is 26.2 Å². The van der Waals surface area contributed by atoms with E-state index in [2.05, 4.69) is 26.0 Å². The second-order valence-electron chi connectivity index (χ2n) is 5.47. The molecule has 0 aromatic heterocycles. The molecule has 0 aliphatic heterocycles. The van der Waals surface area contributed by atoms with Crippen molar-refractivity contribution in [3.8, 4) is 11.5 Å². The molecule has 3 nitrogen and oxygen atoms in total. The smallest absolute Gasteiger partial charge is 0.308 e. The highest BCUT2D eigenvalue weighted by atomic mass is 16.5. The van der Waals surface area contributed by atoms with Crippen LogP contribution in [0.3, 0.4) is 0 Å². The fraction of sp³-hybridized carbons (Fsp3) is 0.458. The van der Waals surface area contributed by atoms with E-state index in [4.69, 9.17) is 9.47 Å². The maximum absolute atomic E-state index is 10.9. The van der Waals surface area contributed by atoms with Gasteiger partial charge in [0.1, 0.15) is 11.5 Å². The summed E-state index contributed by atoms with van der Waals surface area (Å²) in [5.41, 5.74) is 2.22. The van der Waals surface area contributed by atoms with Crippen LogP contribution in [0.25, 0.3) is 0 Å². The fourth-order valence-corrected chi connectivity index (χ4v) is 2.28. The van der Waals surface area contributed by atoms with Gasteiger partial charge in [-0.1, -0.05) is 80.7 Å². The Bertz CT molecular complexity index is 611. The standard InChI is InChI=1S/C18H20O3.2C2H6.2CH4/c1-13(19)21-17-11-7-15(8-12-17)18(2,3)14-5-9-16(20-4)10-6-14;2*1-2;;/h5-12H,1-4H3;2*1-2H3;2*1H4. The molecule has 0 fully saturated rings. The number of benzene rings is 2. The quantitative estimate of drug-likeness (QED) is 0.416. The molecule has 0 spiro atoms. The number of carbonyl (C=O) groups is 1. The molecule has 0 heterocycles. The van der Waals surface area contributed by atoms with Crippen molar-refractivity contribution in [2.75, 3.05) is 7.11 Å². The third kappa shape index (κ3) is 8.76. The van der Waals surface area contributed by atoms with Gasteiger partial charge in [-0.3, -0.25) is 4.79 Å². The highest BCUT2D eigenvalue weighted by Crippen LogP contribution is 2.33. The Balaban J connectivity index is -0.000000899. The molecule has 27 heavy (non-hydrogen) atoms. The molecule has 0 saturated carbocycles. The summed E-state index contributed by atoms with van der Waals surface area (Å²) in [7, 11) is 1.66. The van der Waals surface area contributed by atoms with Gasteiger partial charge in [-0.15, -0.1) is 0 Å². The molecular weight excluding hydrogens is 336 g/mol. The lowest BCUT2D eigenvalue weighted by atomic mass is 9.78. The molecule has 2 aromatic carbocycles. The van der Waals surface area contributed by atoms with Crippen molar-refractivity contribution in [3.05, 3.63) is 59.7 Å². The van der Waals surface area contributed by atoms with E-state index in [1.54, 1.807) is 7.11 Å². The van der Waals surface area contributed by atoms with Crippen LogP contribution in [0.15, 0.2) is 48.5 Å². The Labute approximate surface area is 167 Å². The van der Waals surface area contributed by atoms with Crippen LogP contribution in [-0.4, -0.2) is 13.1 Å². The summed E-state index contributed by atoms with van der Waals surface area (Å²) < 4.78 is 10.3. The SMILES string of the molecule is C.C.CC.CC.COc1ccc(C(C)(C)c2ccc(OC(C)=O)cc2)cc1. The van der Waals surface area contributed by atoms with Crippen molar-refractivity contribution in [1.29, 1.82) is 0 Å². The van der Waals surface area contributed by atoms with Crippen LogP contribution >= 0.6 is 0 Å². The molecular formula is C24H40O3. The van der Waals surface area contributed by atoms with Crippen LogP contribution in [0.1, 0.15) is 74.4 Å². The Hall–Kier alpha value is -2.29. The summed E-state index contributed by atoms with van der Waals surface area (Å²) in [6.07, 6.45) is 0. The van der Waals surface area contributed by atoms with Gasteiger partial charge in [0.15, 0.2) is 0 Å². The number of rotatable bonds is 4. The van der Waals surface area contributed by atoms with Crippen LogP contribution in [0.5, 0.6) is 11.5 Å². The van der Waals surface area contributed by atoms with Gasteiger partial charge < -0.3 is 9.47 Å². The Morgan fingerprint density at radius 2 is 1.07 bits per heavy atom. The van der Waals surface area contributed by atoms with E-state index >= 15 is 0 Å². The first-order valence-corrected chi connectivity index (χ1v) is 8.87. The predicted octanol–water partition coefficient (Wildman–Crippen LogP) is 7.27. The third-order valence-electron chi connectivity index (χ3n) is 3.65. The minimum atomic E-state index is -0.308. The van der Waals surface area contributed by atoms with Crippen molar-refractivity contribution >= 4 is 5.97 Å². The lowest BCUT2D eigenvalue weighted by Crippen LogP contribution is -2.18. The molecule has 2 aromatic rings. The minimum Gasteiger partial charge on any atom is -0.497 e. The number of esters is 1. The topological polar surface area (TPSA) is 35.5 Å². The van der Waals surface area contributed by atoms with E-state index in [1.807, 2.05) is 64.1 Å². The minimum absolute atomic E-state index is 0. The summed E-state index contributed by atoms with van der Waals surface area (Å²) in [6, 6.07) is 15.7. The van der Waals surface area contributed by atoms with Crippen molar-refractivity contribution in [3.63, 3.8) is 0 Å². The maximum Gasteiger partial charge on any atom is 0.308 e. The molecule has 0 aliphatic rings. The Morgan fingerprint density at radius 3 is 1.37 bits per heavy atom. The van der Waals surface area contributed by atoms with E-state index in [0.717, 1.165) is 11.3 Å². The Kier molecular flexibility index (Phi) is 16.2. The number of ether oxygens (including phenoxy) is 2. The highest BCUT2D eigenvalue weighted by molar-refractivity contribution is 5.69. The van der Waals surface area contributed by atoms with Crippen LogP contribution in [0, 0.1) is 0 Å². The van der Waals surface area contributed by atoms with Gasteiger partial charge in [0, 0.05) is 12.3 Å². The van der Waals surface area contributed by atoms with E-state index < -0.39 is 0 Å². The summed E-state index contributed by atoms with van der Waals surface area (Å²) >= 11 is 0. The summed E-state index contributed by atoms with van der Waals surface area (Å²) in [4.78, 5) is 10.9. The maximum atomic E-state index is 10.9. The van der Waals surface area contributed by atoms with Gasteiger partial charge in [0.25, 0.3) is 0 Å². The van der Waals surface area contributed by atoms with Crippen LogP contribution < -0.4 is 9.47 Å². The molecule has 0 amide bonds. The number of carbonyl (C=O) groups excluding carboxylic acids is 1. The molecule has 154 valence electrons. The zero-order valence-corrected chi connectivity index (χ0v) is 16.8. The molecule has 0 N–H and O–H groups in total. The predicted molar refractivity (Wildman–Crippen MR) is 119 cm³/mol. The van der Waals surface area contributed by atoms with Crippen molar-refractivity contribution in [2.45, 2.75) is 68.7 Å². The largest absolute Gasteiger partial charge is 0.497 e. The van der Waals surface area contributed by atoms with Crippen molar-refractivity contribution in [2.24, 2.45) is 0 Å². The molecule has 0 atom stereocenters. The molecule has 2 rings (SSSR count). The third-order valence-corrected chi connectivity index (χ3v) is 3.65. The number of hydrogen-bond donors (Lipinski definition) is 0. The van der Waals surface area contributed by atoms with Gasteiger partial charge in [0.05, 0.1) is 7.11 Å². The van der Waals surface area contributed by atoms with Crippen molar-refractivity contribution < 1.29 is 14.3 Å². The summed E-state index contributed by atoms with van der Waals surface area (Å²) in [5.74, 6) is 1.11. The van der Waals surface area contributed by atoms with E-state index in [1.165, 1.54) is 12.5 Å². The zero-order valence-electron chi connectivity index (χ0n) is 16.8.